The number of hydrogen-bond acceptors (Lipinski definition) is 2. The summed E-state index contributed by atoms with van der Waals surface area (Å²) in [6, 6.07) is 0. The minimum Gasteiger partial charge on any atom is -0.374 e. The zero-order valence-electron chi connectivity index (χ0n) is 7.84. The Morgan fingerprint density at radius 3 is 2.92 bits per heavy atom. The van der Waals surface area contributed by atoms with Crippen molar-refractivity contribution < 1.29 is 0 Å². The van der Waals surface area contributed by atoms with Crippen LogP contribution in [0.5, 0.6) is 0 Å². The Morgan fingerprint density at radius 2 is 2.33 bits per heavy atom. The molecule has 2 aliphatic rings. The van der Waals surface area contributed by atoms with E-state index in [9.17, 15) is 0 Å². The molecule has 1 aliphatic carbocycles. The van der Waals surface area contributed by atoms with Gasteiger partial charge >= 0.3 is 0 Å². The third-order valence-corrected chi connectivity index (χ3v) is 2.97. The molecule has 1 aliphatic heterocycles. The zero-order chi connectivity index (χ0) is 8.39. The molecule has 1 N–H and O–H groups in total. The maximum absolute atomic E-state index is 4.46. The normalized spacial score (nSPS) is 34.2. The highest BCUT2D eigenvalue weighted by Gasteiger charge is 2.32. The fourth-order valence-corrected chi connectivity index (χ4v) is 1.77. The number of nitrogens with one attached hydrogen (secondary N) is 1. The molecular formula is C10H18N2. The summed E-state index contributed by atoms with van der Waals surface area (Å²) in [4.78, 5) is 4.46. The molecule has 68 valence electrons. The quantitative estimate of drug-likeness (QED) is 0.664. The van der Waals surface area contributed by atoms with Crippen LogP contribution in [0.2, 0.25) is 0 Å². The predicted molar refractivity (Wildman–Crippen MR) is 51.4 cm³/mol. The van der Waals surface area contributed by atoms with E-state index in [4.69, 9.17) is 0 Å². The maximum atomic E-state index is 4.46. The molecular weight excluding hydrogens is 148 g/mol. The van der Waals surface area contributed by atoms with Gasteiger partial charge in [-0.1, -0.05) is 6.92 Å². The lowest BCUT2D eigenvalue weighted by atomic mass is 10.2. The van der Waals surface area contributed by atoms with Crippen molar-refractivity contribution in [2.75, 3.05) is 13.1 Å². The van der Waals surface area contributed by atoms with Crippen molar-refractivity contribution >= 4 is 5.84 Å². The second-order valence-corrected chi connectivity index (χ2v) is 4.14. The first-order valence-electron chi connectivity index (χ1n) is 5.13. The van der Waals surface area contributed by atoms with E-state index in [0.717, 1.165) is 18.4 Å². The molecule has 0 aromatic heterocycles. The third kappa shape index (κ3) is 1.99. The Morgan fingerprint density at radius 1 is 1.50 bits per heavy atom. The highest BCUT2D eigenvalue weighted by Crippen LogP contribution is 2.36. The first kappa shape index (κ1) is 8.09. The molecule has 1 fully saturated rings. The highest BCUT2D eigenvalue weighted by molar-refractivity contribution is 5.82. The molecule has 0 aromatic rings. The molecule has 2 rings (SSSR count). The molecule has 0 saturated heterocycles. The van der Waals surface area contributed by atoms with Crippen molar-refractivity contribution in [2.45, 2.75) is 32.6 Å². The average Bonchev–Trinajstić information content (AvgIpc) is 2.81. The number of nitrogens with zero attached hydrogens (tertiary/aromatic N) is 1. The maximum Gasteiger partial charge on any atom is 0.0963 e. The van der Waals surface area contributed by atoms with Crippen molar-refractivity contribution in [3.8, 4) is 0 Å². The van der Waals surface area contributed by atoms with Gasteiger partial charge in [-0.15, -0.1) is 0 Å². The van der Waals surface area contributed by atoms with Gasteiger partial charge < -0.3 is 5.32 Å². The Labute approximate surface area is 74.5 Å². The molecule has 2 heteroatoms. The molecule has 1 saturated carbocycles. The fraction of sp³-hybridized carbons (Fsp3) is 0.900. The number of aliphatic imine (C=N–C) groups is 1. The van der Waals surface area contributed by atoms with Gasteiger partial charge in [-0.25, -0.2) is 0 Å². The largest absolute Gasteiger partial charge is 0.374 e. The molecule has 2 atom stereocenters. The Kier molecular flexibility index (Phi) is 2.33. The van der Waals surface area contributed by atoms with Crippen molar-refractivity contribution in [1.82, 2.24) is 5.32 Å². The van der Waals surface area contributed by atoms with Crippen LogP contribution in [0.4, 0.5) is 0 Å². The minimum atomic E-state index is 0.939. The van der Waals surface area contributed by atoms with Crippen molar-refractivity contribution in [2.24, 2.45) is 16.8 Å². The van der Waals surface area contributed by atoms with Gasteiger partial charge in [0.25, 0.3) is 0 Å². The first-order valence-corrected chi connectivity index (χ1v) is 5.13. The van der Waals surface area contributed by atoms with Crippen LogP contribution in [0.15, 0.2) is 4.99 Å². The second kappa shape index (κ2) is 3.46. The van der Waals surface area contributed by atoms with Crippen LogP contribution in [-0.4, -0.2) is 18.9 Å². The van der Waals surface area contributed by atoms with Gasteiger partial charge in [0.1, 0.15) is 0 Å². The van der Waals surface area contributed by atoms with Crippen LogP contribution in [0.25, 0.3) is 0 Å². The molecule has 0 aromatic carbocycles. The predicted octanol–water partition coefficient (Wildman–Crippen LogP) is 1.81. The van der Waals surface area contributed by atoms with Crippen molar-refractivity contribution in [3.63, 3.8) is 0 Å². The summed E-state index contributed by atoms with van der Waals surface area (Å²) in [5, 5.41) is 3.46. The summed E-state index contributed by atoms with van der Waals surface area (Å²) in [6.07, 6.45) is 5.21. The van der Waals surface area contributed by atoms with Gasteiger partial charge in [-0.05, 0) is 31.1 Å². The van der Waals surface area contributed by atoms with Gasteiger partial charge in [0.05, 0.1) is 5.84 Å². The Bertz CT molecular complexity index is 186. The van der Waals surface area contributed by atoms with E-state index < -0.39 is 0 Å². The van der Waals surface area contributed by atoms with Gasteiger partial charge in [-0.2, -0.15) is 0 Å². The van der Waals surface area contributed by atoms with Crippen LogP contribution < -0.4 is 5.32 Å². The summed E-state index contributed by atoms with van der Waals surface area (Å²) in [7, 11) is 0. The summed E-state index contributed by atoms with van der Waals surface area (Å²) < 4.78 is 0. The fourth-order valence-electron chi connectivity index (χ4n) is 1.77. The van der Waals surface area contributed by atoms with E-state index in [0.29, 0.717) is 0 Å². The Hall–Kier alpha value is -0.530. The zero-order valence-corrected chi connectivity index (χ0v) is 7.84. The lowest BCUT2D eigenvalue weighted by molar-refractivity contribution is 0.668. The highest BCUT2D eigenvalue weighted by atomic mass is 15.0. The lowest BCUT2D eigenvalue weighted by Crippen LogP contribution is -2.27. The van der Waals surface area contributed by atoms with E-state index in [1.165, 1.54) is 38.1 Å². The summed E-state index contributed by atoms with van der Waals surface area (Å²) in [6.45, 7) is 4.54. The molecule has 12 heavy (non-hydrogen) atoms. The van der Waals surface area contributed by atoms with Crippen LogP contribution in [-0.2, 0) is 0 Å². The molecule has 1 heterocycles. The molecule has 0 amide bonds. The summed E-state index contributed by atoms with van der Waals surface area (Å²) in [5.74, 6) is 3.16. The number of hydrogen-bond donors (Lipinski definition) is 1. The summed E-state index contributed by atoms with van der Waals surface area (Å²) >= 11 is 0. The first-order chi connectivity index (χ1) is 5.86. The molecule has 0 bridgehead atoms. The van der Waals surface area contributed by atoms with Crippen LogP contribution >= 0.6 is 0 Å². The van der Waals surface area contributed by atoms with E-state index >= 15 is 0 Å². The second-order valence-electron chi connectivity index (χ2n) is 4.14. The molecule has 0 spiro atoms. The van der Waals surface area contributed by atoms with E-state index in [2.05, 4.69) is 17.2 Å². The summed E-state index contributed by atoms with van der Waals surface area (Å²) in [5.41, 5.74) is 0. The van der Waals surface area contributed by atoms with Crippen LogP contribution in [0.1, 0.15) is 32.6 Å². The van der Waals surface area contributed by atoms with Gasteiger partial charge in [0.15, 0.2) is 0 Å². The molecule has 0 radical (unpaired) electrons. The average molecular weight is 166 g/mol. The van der Waals surface area contributed by atoms with E-state index in [1.807, 2.05) is 0 Å². The van der Waals surface area contributed by atoms with Crippen LogP contribution in [0, 0.1) is 11.8 Å². The van der Waals surface area contributed by atoms with Crippen molar-refractivity contribution in [3.05, 3.63) is 0 Å². The smallest absolute Gasteiger partial charge is 0.0963 e. The van der Waals surface area contributed by atoms with Gasteiger partial charge in [-0.3, -0.25) is 4.99 Å². The standard InChI is InChI=1S/C10H18N2/c1-8-6-9(8)7-12-10-4-2-3-5-11-10/h8-9H,2-7H2,1H3,(H,11,12). The van der Waals surface area contributed by atoms with Crippen LogP contribution in [0.3, 0.4) is 0 Å². The number of amidine groups is 1. The monoisotopic (exact) mass is 166 g/mol. The van der Waals surface area contributed by atoms with Crippen molar-refractivity contribution in [1.29, 1.82) is 0 Å². The molecule has 2 nitrogen and oxygen atoms in total. The molecule has 2 unspecified atom stereocenters. The topological polar surface area (TPSA) is 24.4 Å². The SMILES string of the molecule is CC1CC1CNC1=NCCCC1. The van der Waals surface area contributed by atoms with Gasteiger partial charge in [0, 0.05) is 19.5 Å². The Balaban J connectivity index is 1.68. The number of rotatable bonds is 2. The minimum absolute atomic E-state index is 0.939. The van der Waals surface area contributed by atoms with E-state index in [1.54, 1.807) is 0 Å². The lowest BCUT2D eigenvalue weighted by Gasteiger charge is -2.13. The van der Waals surface area contributed by atoms with Gasteiger partial charge in [0.2, 0.25) is 0 Å². The third-order valence-electron chi connectivity index (χ3n) is 2.97. The van der Waals surface area contributed by atoms with E-state index in [-0.39, 0.29) is 0 Å².